The number of carbonyl (C=O) groups is 1. The van der Waals surface area contributed by atoms with Crippen LogP contribution in [0.15, 0.2) is 0 Å². The lowest BCUT2D eigenvalue weighted by molar-refractivity contribution is 0.0743. The number of rotatable bonds is 0. The molecule has 0 aromatic heterocycles. The number of amides is 2. The van der Waals surface area contributed by atoms with Gasteiger partial charge in [-0.2, -0.15) is 0 Å². The molecule has 1 rings (SSSR count). The van der Waals surface area contributed by atoms with E-state index in [-0.39, 0.29) is 18.1 Å². The molecule has 0 saturated carbocycles. The van der Waals surface area contributed by atoms with Crippen LogP contribution in [0.2, 0.25) is 0 Å². The number of piperidine rings is 1. The van der Waals surface area contributed by atoms with Crippen LogP contribution in [0.5, 0.6) is 0 Å². The van der Waals surface area contributed by atoms with Crippen LogP contribution in [0, 0.1) is 0 Å². The second-order valence-corrected chi connectivity index (χ2v) is 5.62. The van der Waals surface area contributed by atoms with E-state index < -0.39 is 5.67 Å². The molecular weight excluding hydrogens is 195 g/mol. The molecular formula is C11H21FN2O. The number of halogens is 1. The molecule has 0 bridgehead atoms. The van der Waals surface area contributed by atoms with E-state index >= 15 is 0 Å². The number of alkyl halides is 1. The third-order valence-electron chi connectivity index (χ3n) is 2.42. The molecule has 3 nitrogen and oxygen atoms in total. The van der Waals surface area contributed by atoms with Crippen molar-refractivity contribution in [2.75, 3.05) is 13.1 Å². The maximum absolute atomic E-state index is 13.7. The van der Waals surface area contributed by atoms with E-state index in [1.165, 1.54) is 0 Å². The third-order valence-corrected chi connectivity index (χ3v) is 2.42. The molecule has 1 N–H and O–H groups in total. The molecule has 2 amide bonds. The molecule has 0 aliphatic carbocycles. The first-order valence-electron chi connectivity index (χ1n) is 5.46. The molecule has 0 aromatic rings. The highest BCUT2D eigenvalue weighted by atomic mass is 19.1. The molecule has 1 heterocycles. The van der Waals surface area contributed by atoms with E-state index in [2.05, 4.69) is 5.32 Å². The van der Waals surface area contributed by atoms with Crippen molar-refractivity contribution in [1.29, 1.82) is 0 Å². The van der Waals surface area contributed by atoms with Crippen LogP contribution in [0.25, 0.3) is 0 Å². The van der Waals surface area contributed by atoms with E-state index in [1.807, 2.05) is 20.8 Å². The van der Waals surface area contributed by atoms with Crippen LogP contribution >= 0.6 is 0 Å². The van der Waals surface area contributed by atoms with Gasteiger partial charge in [-0.3, -0.25) is 0 Å². The van der Waals surface area contributed by atoms with Gasteiger partial charge in [-0.1, -0.05) is 0 Å². The van der Waals surface area contributed by atoms with E-state index in [0.29, 0.717) is 13.0 Å². The molecule has 88 valence electrons. The largest absolute Gasteiger partial charge is 0.333 e. The average molecular weight is 216 g/mol. The summed E-state index contributed by atoms with van der Waals surface area (Å²) >= 11 is 0. The van der Waals surface area contributed by atoms with Crippen LogP contribution < -0.4 is 5.32 Å². The Labute approximate surface area is 91.0 Å². The second-order valence-electron chi connectivity index (χ2n) is 5.62. The Morgan fingerprint density at radius 1 is 1.47 bits per heavy atom. The summed E-state index contributed by atoms with van der Waals surface area (Å²) in [5, 5.41) is 2.85. The fraction of sp³-hybridized carbons (Fsp3) is 0.909. The van der Waals surface area contributed by atoms with Gasteiger partial charge in [0.2, 0.25) is 0 Å². The number of nitrogens with one attached hydrogen (secondary N) is 1. The Bertz CT molecular complexity index is 245. The minimum absolute atomic E-state index is 0.161. The zero-order valence-electron chi connectivity index (χ0n) is 10.1. The monoisotopic (exact) mass is 216 g/mol. The van der Waals surface area contributed by atoms with Gasteiger partial charge in [0.15, 0.2) is 0 Å². The van der Waals surface area contributed by atoms with Gasteiger partial charge in [0.25, 0.3) is 0 Å². The molecule has 15 heavy (non-hydrogen) atoms. The van der Waals surface area contributed by atoms with Crippen molar-refractivity contribution >= 4 is 6.03 Å². The van der Waals surface area contributed by atoms with E-state index in [1.54, 1.807) is 11.8 Å². The van der Waals surface area contributed by atoms with Crippen molar-refractivity contribution in [3.8, 4) is 0 Å². The van der Waals surface area contributed by atoms with Crippen molar-refractivity contribution in [3.05, 3.63) is 0 Å². The van der Waals surface area contributed by atoms with Crippen molar-refractivity contribution < 1.29 is 9.18 Å². The molecule has 0 radical (unpaired) electrons. The van der Waals surface area contributed by atoms with Crippen molar-refractivity contribution in [3.63, 3.8) is 0 Å². The standard InChI is InChI=1S/C11H21FN2O/c1-10(2,3)13-9(15)14-7-5-6-11(4,12)8-14/h5-8H2,1-4H3,(H,13,15). The van der Waals surface area contributed by atoms with E-state index in [0.717, 1.165) is 6.42 Å². The normalized spacial score (nSPS) is 27.7. The fourth-order valence-corrected chi connectivity index (χ4v) is 1.77. The first-order chi connectivity index (χ1) is 6.70. The molecule has 1 saturated heterocycles. The van der Waals surface area contributed by atoms with Crippen LogP contribution in [0.3, 0.4) is 0 Å². The third kappa shape index (κ3) is 4.06. The van der Waals surface area contributed by atoms with Gasteiger partial charge >= 0.3 is 6.03 Å². The maximum atomic E-state index is 13.7. The summed E-state index contributed by atoms with van der Waals surface area (Å²) in [7, 11) is 0. The smallest absolute Gasteiger partial charge is 0.317 e. The van der Waals surface area contributed by atoms with Crippen LogP contribution in [0.4, 0.5) is 9.18 Å². The van der Waals surface area contributed by atoms with E-state index in [9.17, 15) is 9.18 Å². The van der Waals surface area contributed by atoms with Gasteiger partial charge in [-0.05, 0) is 40.5 Å². The Kier molecular flexibility index (Phi) is 3.26. The lowest BCUT2D eigenvalue weighted by atomic mass is 9.97. The molecule has 1 aliphatic heterocycles. The van der Waals surface area contributed by atoms with Gasteiger partial charge in [0.05, 0.1) is 6.54 Å². The number of carbonyl (C=O) groups excluding carboxylic acids is 1. The molecule has 4 heteroatoms. The predicted molar refractivity (Wildman–Crippen MR) is 58.6 cm³/mol. The predicted octanol–water partition coefficient (Wildman–Crippen LogP) is 2.32. The first-order valence-corrected chi connectivity index (χ1v) is 5.46. The van der Waals surface area contributed by atoms with Crippen LogP contribution in [-0.2, 0) is 0 Å². The number of urea groups is 1. The minimum atomic E-state index is -1.23. The molecule has 1 atom stereocenters. The van der Waals surface area contributed by atoms with Crippen molar-refractivity contribution in [2.24, 2.45) is 0 Å². The lowest BCUT2D eigenvalue weighted by Crippen LogP contribution is -2.54. The molecule has 0 spiro atoms. The Morgan fingerprint density at radius 3 is 2.53 bits per heavy atom. The number of nitrogens with zero attached hydrogens (tertiary/aromatic N) is 1. The fourth-order valence-electron chi connectivity index (χ4n) is 1.77. The zero-order chi connectivity index (χ0) is 11.7. The highest BCUT2D eigenvalue weighted by Gasteiger charge is 2.33. The minimum Gasteiger partial charge on any atom is -0.333 e. The average Bonchev–Trinajstić information content (AvgIpc) is 1.99. The SMILES string of the molecule is CC1(F)CCCN(C(=O)NC(C)(C)C)C1. The van der Waals surface area contributed by atoms with Gasteiger partial charge in [-0.15, -0.1) is 0 Å². The first kappa shape index (κ1) is 12.3. The molecule has 0 aromatic carbocycles. The highest BCUT2D eigenvalue weighted by Crippen LogP contribution is 2.24. The van der Waals surface area contributed by atoms with Gasteiger partial charge in [0, 0.05) is 12.1 Å². The van der Waals surface area contributed by atoms with Gasteiger partial charge < -0.3 is 10.2 Å². The lowest BCUT2D eigenvalue weighted by Gasteiger charge is -2.36. The van der Waals surface area contributed by atoms with Crippen molar-refractivity contribution in [2.45, 2.75) is 51.7 Å². The van der Waals surface area contributed by atoms with Crippen molar-refractivity contribution in [1.82, 2.24) is 10.2 Å². The summed E-state index contributed by atoms with van der Waals surface area (Å²) < 4.78 is 13.7. The molecule has 1 aliphatic rings. The topological polar surface area (TPSA) is 32.3 Å². The van der Waals surface area contributed by atoms with Crippen LogP contribution in [0.1, 0.15) is 40.5 Å². The summed E-state index contributed by atoms with van der Waals surface area (Å²) in [6.45, 7) is 8.18. The number of hydrogen-bond donors (Lipinski definition) is 1. The quantitative estimate of drug-likeness (QED) is 0.662. The van der Waals surface area contributed by atoms with E-state index in [4.69, 9.17) is 0 Å². The number of hydrogen-bond acceptors (Lipinski definition) is 1. The summed E-state index contributed by atoms with van der Waals surface area (Å²) in [6, 6.07) is -0.161. The molecule has 1 fully saturated rings. The zero-order valence-corrected chi connectivity index (χ0v) is 10.1. The van der Waals surface area contributed by atoms with Crippen LogP contribution in [-0.4, -0.2) is 35.2 Å². The second kappa shape index (κ2) is 3.99. The Balaban J connectivity index is 2.53. The Hall–Kier alpha value is -0.800. The highest BCUT2D eigenvalue weighted by molar-refractivity contribution is 5.75. The number of likely N-dealkylation sites (tertiary alicyclic amines) is 1. The summed E-state index contributed by atoms with van der Waals surface area (Å²) in [5.74, 6) is 0. The van der Waals surface area contributed by atoms with Gasteiger partial charge in [-0.25, -0.2) is 9.18 Å². The summed E-state index contributed by atoms with van der Waals surface area (Å²) in [5.41, 5.74) is -1.49. The maximum Gasteiger partial charge on any atom is 0.317 e. The summed E-state index contributed by atoms with van der Waals surface area (Å²) in [4.78, 5) is 13.3. The van der Waals surface area contributed by atoms with Gasteiger partial charge in [0.1, 0.15) is 5.67 Å². The molecule has 1 unspecified atom stereocenters. The summed E-state index contributed by atoms with van der Waals surface area (Å²) in [6.07, 6.45) is 1.29. The Morgan fingerprint density at radius 2 is 2.07 bits per heavy atom.